The number of rotatable bonds is 5. The van der Waals surface area contributed by atoms with Crippen molar-refractivity contribution in [3.63, 3.8) is 0 Å². The molecule has 22 heavy (non-hydrogen) atoms. The van der Waals surface area contributed by atoms with Gasteiger partial charge in [-0.1, -0.05) is 6.42 Å². The maximum Gasteiger partial charge on any atom is 0.271 e. The molecule has 118 valence electrons. The second-order valence-corrected chi connectivity index (χ2v) is 6.13. The van der Waals surface area contributed by atoms with Crippen LogP contribution in [-0.4, -0.2) is 26.3 Å². The zero-order valence-corrected chi connectivity index (χ0v) is 13.0. The first-order valence-corrected chi connectivity index (χ1v) is 7.76. The third-order valence-corrected chi connectivity index (χ3v) is 4.87. The largest absolute Gasteiger partial charge is 0.493 e. The Morgan fingerprint density at radius 2 is 2.05 bits per heavy atom. The van der Waals surface area contributed by atoms with Crippen LogP contribution in [0.15, 0.2) is 23.3 Å². The summed E-state index contributed by atoms with van der Waals surface area (Å²) >= 11 is 0. The number of hydrogen-bond acceptors (Lipinski definition) is 4. The van der Waals surface area contributed by atoms with E-state index in [0.717, 1.165) is 11.8 Å². The van der Waals surface area contributed by atoms with Crippen molar-refractivity contribution in [1.82, 2.24) is 5.43 Å². The van der Waals surface area contributed by atoms with Gasteiger partial charge >= 0.3 is 0 Å². The molecule has 3 rings (SSSR count). The number of methoxy groups -OCH3 is 2. The molecular weight excluding hydrogens is 280 g/mol. The topological polar surface area (TPSA) is 59.9 Å². The average molecular weight is 302 g/mol. The molecule has 1 aromatic carbocycles. The Kier molecular flexibility index (Phi) is 4.32. The van der Waals surface area contributed by atoms with Crippen molar-refractivity contribution >= 4 is 12.1 Å². The van der Waals surface area contributed by atoms with E-state index in [1.807, 2.05) is 6.21 Å². The number of fused-ring (bicyclic) bond motifs is 2. The number of amides is 1. The molecule has 2 fully saturated rings. The first-order valence-electron chi connectivity index (χ1n) is 7.76. The highest BCUT2D eigenvalue weighted by molar-refractivity contribution is 5.95. The molecular formula is C17H22N2O3. The van der Waals surface area contributed by atoms with Crippen molar-refractivity contribution < 1.29 is 14.3 Å². The number of hydrazone groups is 1. The van der Waals surface area contributed by atoms with Crippen molar-refractivity contribution in [3.05, 3.63) is 23.8 Å². The van der Waals surface area contributed by atoms with Crippen LogP contribution in [0.4, 0.5) is 0 Å². The van der Waals surface area contributed by atoms with Crippen LogP contribution < -0.4 is 14.9 Å². The lowest BCUT2D eigenvalue weighted by Gasteiger charge is -2.16. The van der Waals surface area contributed by atoms with Gasteiger partial charge in [0.15, 0.2) is 11.5 Å². The van der Waals surface area contributed by atoms with Crippen molar-refractivity contribution in [2.45, 2.75) is 25.7 Å². The SMILES string of the molecule is COc1ccc(C(=O)N/N=C\[C@@H]2C[C@H]3CC[C@@H]2C3)cc1OC. The van der Waals surface area contributed by atoms with Crippen LogP contribution in [0.5, 0.6) is 11.5 Å². The van der Waals surface area contributed by atoms with E-state index in [-0.39, 0.29) is 5.91 Å². The number of ether oxygens (including phenoxy) is 2. The third-order valence-electron chi connectivity index (χ3n) is 4.87. The zero-order chi connectivity index (χ0) is 15.5. The van der Waals surface area contributed by atoms with Crippen molar-refractivity contribution in [2.24, 2.45) is 22.9 Å². The summed E-state index contributed by atoms with van der Waals surface area (Å²) in [5, 5.41) is 4.15. The van der Waals surface area contributed by atoms with E-state index in [1.165, 1.54) is 25.7 Å². The summed E-state index contributed by atoms with van der Waals surface area (Å²) in [4.78, 5) is 12.1. The maximum atomic E-state index is 12.1. The van der Waals surface area contributed by atoms with E-state index in [9.17, 15) is 4.79 Å². The Balaban J connectivity index is 1.60. The Bertz CT molecular complexity index is 585. The number of carbonyl (C=O) groups excluding carboxylic acids is 1. The fourth-order valence-corrected chi connectivity index (χ4v) is 3.71. The van der Waals surface area contributed by atoms with Crippen LogP contribution in [0.3, 0.4) is 0 Å². The maximum absolute atomic E-state index is 12.1. The smallest absolute Gasteiger partial charge is 0.271 e. The molecule has 3 atom stereocenters. The number of nitrogens with one attached hydrogen (secondary N) is 1. The summed E-state index contributed by atoms with van der Waals surface area (Å²) < 4.78 is 10.4. The van der Waals surface area contributed by atoms with Crippen LogP contribution in [0.2, 0.25) is 0 Å². The van der Waals surface area contributed by atoms with Gasteiger partial charge in [-0.25, -0.2) is 5.43 Å². The lowest BCUT2D eigenvalue weighted by Crippen LogP contribution is -2.20. The molecule has 2 bridgehead atoms. The molecule has 0 spiro atoms. The molecule has 0 unspecified atom stereocenters. The monoisotopic (exact) mass is 302 g/mol. The molecule has 5 nitrogen and oxygen atoms in total. The summed E-state index contributed by atoms with van der Waals surface area (Å²) in [6, 6.07) is 5.07. The molecule has 0 heterocycles. The van der Waals surface area contributed by atoms with E-state index in [1.54, 1.807) is 32.4 Å². The van der Waals surface area contributed by atoms with Gasteiger partial charge in [0.1, 0.15) is 0 Å². The minimum absolute atomic E-state index is 0.236. The van der Waals surface area contributed by atoms with Crippen molar-refractivity contribution in [3.8, 4) is 11.5 Å². The summed E-state index contributed by atoms with van der Waals surface area (Å²) in [6.07, 6.45) is 7.15. The third kappa shape index (κ3) is 2.93. The Morgan fingerprint density at radius 3 is 2.68 bits per heavy atom. The van der Waals surface area contributed by atoms with Gasteiger partial charge in [0.05, 0.1) is 14.2 Å². The summed E-state index contributed by atoms with van der Waals surface area (Å²) in [5.74, 6) is 3.08. The highest BCUT2D eigenvalue weighted by atomic mass is 16.5. The predicted molar refractivity (Wildman–Crippen MR) is 84.4 cm³/mol. The van der Waals surface area contributed by atoms with Gasteiger partial charge in [-0.2, -0.15) is 5.10 Å². The first kappa shape index (κ1) is 14.9. The van der Waals surface area contributed by atoms with Crippen molar-refractivity contribution in [2.75, 3.05) is 14.2 Å². The number of nitrogens with zero attached hydrogens (tertiary/aromatic N) is 1. The second-order valence-electron chi connectivity index (χ2n) is 6.13. The first-order chi connectivity index (χ1) is 10.7. The van der Waals surface area contributed by atoms with E-state index in [4.69, 9.17) is 9.47 Å². The molecule has 0 aromatic heterocycles. The van der Waals surface area contributed by atoms with Gasteiger partial charge < -0.3 is 9.47 Å². The van der Waals surface area contributed by atoms with Crippen LogP contribution in [0.25, 0.3) is 0 Å². The van der Waals surface area contributed by atoms with E-state index >= 15 is 0 Å². The van der Waals surface area contributed by atoms with Crippen LogP contribution in [0.1, 0.15) is 36.0 Å². The Labute approximate surface area is 130 Å². The minimum atomic E-state index is -0.236. The molecule has 2 aliphatic rings. The van der Waals surface area contributed by atoms with Gasteiger partial charge in [0, 0.05) is 11.8 Å². The highest BCUT2D eigenvalue weighted by Crippen LogP contribution is 2.47. The lowest BCUT2D eigenvalue weighted by molar-refractivity contribution is 0.0954. The molecule has 1 aromatic rings. The average Bonchev–Trinajstić information content (AvgIpc) is 3.17. The zero-order valence-electron chi connectivity index (χ0n) is 13.0. The molecule has 1 amide bonds. The number of carbonyl (C=O) groups is 1. The Hall–Kier alpha value is -2.04. The van der Waals surface area contributed by atoms with Gasteiger partial charge in [-0.15, -0.1) is 0 Å². The van der Waals surface area contributed by atoms with Crippen LogP contribution in [-0.2, 0) is 0 Å². The molecule has 5 heteroatoms. The van der Waals surface area contributed by atoms with E-state index in [2.05, 4.69) is 10.5 Å². The van der Waals surface area contributed by atoms with Crippen LogP contribution in [0, 0.1) is 17.8 Å². The van der Waals surface area contributed by atoms with Gasteiger partial charge in [0.2, 0.25) is 0 Å². The molecule has 0 saturated heterocycles. The van der Waals surface area contributed by atoms with E-state index in [0.29, 0.717) is 23.0 Å². The highest BCUT2D eigenvalue weighted by Gasteiger charge is 2.38. The number of benzene rings is 1. The second kappa shape index (κ2) is 6.38. The van der Waals surface area contributed by atoms with E-state index < -0.39 is 0 Å². The van der Waals surface area contributed by atoms with Gasteiger partial charge in [0.25, 0.3) is 5.91 Å². The molecule has 2 saturated carbocycles. The predicted octanol–water partition coefficient (Wildman–Crippen LogP) is 2.86. The summed E-state index contributed by atoms with van der Waals surface area (Å²) in [7, 11) is 3.12. The molecule has 0 radical (unpaired) electrons. The fourth-order valence-electron chi connectivity index (χ4n) is 3.71. The minimum Gasteiger partial charge on any atom is -0.493 e. The quantitative estimate of drug-likeness (QED) is 0.672. The molecule has 0 aliphatic heterocycles. The number of hydrogen-bond donors (Lipinski definition) is 1. The fraction of sp³-hybridized carbons (Fsp3) is 0.529. The van der Waals surface area contributed by atoms with Gasteiger partial charge in [-0.05, 0) is 55.2 Å². The summed E-state index contributed by atoms with van der Waals surface area (Å²) in [6.45, 7) is 0. The summed E-state index contributed by atoms with van der Waals surface area (Å²) in [5.41, 5.74) is 3.11. The molecule has 1 N–H and O–H groups in total. The van der Waals surface area contributed by atoms with Crippen LogP contribution >= 0.6 is 0 Å². The van der Waals surface area contributed by atoms with Crippen molar-refractivity contribution in [1.29, 1.82) is 0 Å². The standard InChI is InChI=1S/C17H22N2O3/c1-21-15-6-5-13(9-16(15)22-2)17(20)19-18-10-14-8-11-3-4-12(14)7-11/h5-6,9-12,14H,3-4,7-8H2,1-2H3,(H,19,20)/b18-10-/t11-,12+,14-/m0/s1. The lowest BCUT2D eigenvalue weighted by atomic mass is 9.90. The normalized spacial score (nSPS) is 26.4. The van der Waals surface area contributed by atoms with Gasteiger partial charge in [-0.3, -0.25) is 4.79 Å². The Morgan fingerprint density at radius 1 is 1.23 bits per heavy atom. The molecule has 2 aliphatic carbocycles.